The molecule has 0 aliphatic heterocycles. The van der Waals surface area contributed by atoms with Crippen molar-refractivity contribution in [3.63, 3.8) is 0 Å². The van der Waals surface area contributed by atoms with E-state index in [1.165, 1.54) is 0 Å². The van der Waals surface area contributed by atoms with E-state index < -0.39 is 18.0 Å². The van der Waals surface area contributed by atoms with Crippen LogP contribution in [-0.4, -0.2) is 29.7 Å². The molecule has 0 radical (unpaired) electrons. The minimum Gasteiger partial charge on any atom is -0.480 e. The van der Waals surface area contributed by atoms with Gasteiger partial charge in [-0.25, -0.2) is 9.59 Å². The molecule has 0 spiro atoms. The van der Waals surface area contributed by atoms with Crippen molar-refractivity contribution in [2.24, 2.45) is 17.3 Å². The molecule has 0 bridgehead atoms. The summed E-state index contributed by atoms with van der Waals surface area (Å²) in [7, 11) is 0. The van der Waals surface area contributed by atoms with Crippen molar-refractivity contribution in [3.05, 3.63) is 0 Å². The van der Waals surface area contributed by atoms with Crippen LogP contribution in [0.3, 0.4) is 0 Å². The maximum Gasteiger partial charge on any atom is 0.326 e. The van der Waals surface area contributed by atoms with Gasteiger partial charge in [0.1, 0.15) is 6.04 Å². The van der Waals surface area contributed by atoms with Gasteiger partial charge in [0, 0.05) is 6.54 Å². The molecular formula is C14H28N2O3. The number of hydrogen-bond donors (Lipinski definition) is 3. The van der Waals surface area contributed by atoms with Gasteiger partial charge in [0.2, 0.25) is 0 Å². The fraction of sp³-hybridized carbons (Fsp3) is 0.857. The van der Waals surface area contributed by atoms with Gasteiger partial charge < -0.3 is 15.7 Å². The first-order chi connectivity index (χ1) is 8.54. The Morgan fingerprint density at radius 1 is 1.16 bits per heavy atom. The SMILES string of the molecule is CC(C)C[C@H](NC(=O)NCC(C)C(C)(C)C)C(=O)O. The number of carboxylic acid groups (broad SMARTS) is 1. The summed E-state index contributed by atoms with van der Waals surface area (Å²) in [6.07, 6.45) is 0.428. The van der Waals surface area contributed by atoms with E-state index in [-0.39, 0.29) is 11.3 Å². The third-order valence-corrected chi connectivity index (χ3v) is 3.36. The molecule has 0 aliphatic rings. The fourth-order valence-corrected chi connectivity index (χ4v) is 1.45. The molecule has 0 saturated heterocycles. The fourth-order valence-electron chi connectivity index (χ4n) is 1.45. The van der Waals surface area contributed by atoms with Gasteiger partial charge in [-0.05, 0) is 23.7 Å². The number of aliphatic carboxylic acids is 1. The van der Waals surface area contributed by atoms with Crippen LogP contribution in [0, 0.1) is 17.3 Å². The average Bonchev–Trinajstić information content (AvgIpc) is 2.22. The molecule has 2 atom stereocenters. The van der Waals surface area contributed by atoms with Gasteiger partial charge in [0.15, 0.2) is 0 Å². The molecule has 1 unspecified atom stereocenters. The number of nitrogens with one attached hydrogen (secondary N) is 2. The van der Waals surface area contributed by atoms with Crippen LogP contribution in [0.1, 0.15) is 48.0 Å². The summed E-state index contributed by atoms with van der Waals surface area (Å²) < 4.78 is 0. The number of urea groups is 1. The summed E-state index contributed by atoms with van der Waals surface area (Å²) in [5, 5.41) is 14.3. The highest BCUT2D eigenvalue weighted by atomic mass is 16.4. The van der Waals surface area contributed by atoms with E-state index in [0.29, 0.717) is 18.9 Å². The minimum absolute atomic E-state index is 0.109. The zero-order valence-electron chi connectivity index (χ0n) is 12.9. The second-order valence-corrected chi connectivity index (χ2v) is 6.64. The summed E-state index contributed by atoms with van der Waals surface area (Å²) in [5.41, 5.74) is 0.109. The maximum absolute atomic E-state index is 11.7. The van der Waals surface area contributed by atoms with Crippen molar-refractivity contribution in [1.29, 1.82) is 0 Å². The van der Waals surface area contributed by atoms with Crippen LogP contribution < -0.4 is 10.6 Å². The van der Waals surface area contributed by atoms with E-state index in [1.807, 2.05) is 13.8 Å². The normalized spacial score (nSPS) is 14.9. The molecule has 0 aliphatic carbocycles. The molecule has 112 valence electrons. The quantitative estimate of drug-likeness (QED) is 0.695. The lowest BCUT2D eigenvalue weighted by Gasteiger charge is -2.27. The molecule has 2 amide bonds. The standard InChI is InChI=1S/C14H28N2O3/c1-9(2)7-11(12(17)18)16-13(19)15-8-10(3)14(4,5)6/h9-11H,7-8H2,1-6H3,(H,17,18)(H2,15,16,19)/t10?,11-/m0/s1. The summed E-state index contributed by atoms with van der Waals surface area (Å²) in [5.74, 6) is -0.464. The molecule has 0 aromatic carbocycles. The van der Waals surface area contributed by atoms with Gasteiger partial charge >= 0.3 is 12.0 Å². The summed E-state index contributed by atoms with van der Waals surface area (Å²) in [6, 6.07) is -1.24. The van der Waals surface area contributed by atoms with Crippen molar-refractivity contribution in [2.45, 2.75) is 54.0 Å². The summed E-state index contributed by atoms with van der Waals surface area (Å²) >= 11 is 0. The lowest BCUT2D eigenvalue weighted by atomic mass is 9.82. The molecule has 5 heteroatoms. The minimum atomic E-state index is -0.993. The van der Waals surface area contributed by atoms with Gasteiger partial charge in [-0.15, -0.1) is 0 Å². The Morgan fingerprint density at radius 3 is 2.05 bits per heavy atom. The third kappa shape index (κ3) is 7.70. The van der Waals surface area contributed by atoms with Crippen LogP contribution in [0.2, 0.25) is 0 Å². The highest BCUT2D eigenvalue weighted by Gasteiger charge is 2.23. The van der Waals surface area contributed by atoms with Crippen LogP contribution in [-0.2, 0) is 4.79 Å². The van der Waals surface area contributed by atoms with Crippen LogP contribution in [0.25, 0.3) is 0 Å². The highest BCUT2D eigenvalue weighted by molar-refractivity contribution is 5.82. The lowest BCUT2D eigenvalue weighted by Crippen LogP contribution is -2.48. The first-order valence-corrected chi connectivity index (χ1v) is 6.81. The molecule has 0 fully saturated rings. The molecular weight excluding hydrogens is 244 g/mol. The van der Waals surface area contributed by atoms with Crippen LogP contribution >= 0.6 is 0 Å². The van der Waals surface area contributed by atoms with E-state index in [2.05, 4.69) is 38.3 Å². The maximum atomic E-state index is 11.7. The molecule has 0 aromatic heterocycles. The van der Waals surface area contributed by atoms with Crippen LogP contribution in [0.4, 0.5) is 4.79 Å². The Labute approximate surface area is 116 Å². The third-order valence-electron chi connectivity index (χ3n) is 3.36. The molecule has 0 saturated carbocycles. The Kier molecular flexibility index (Phi) is 6.87. The highest BCUT2D eigenvalue weighted by Crippen LogP contribution is 2.24. The molecule has 5 nitrogen and oxygen atoms in total. The molecule has 0 heterocycles. The van der Waals surface area contributed by atoms with E-state index in [0.717, 1.165) is 0 Å². The number of rotatable bonds is 6. The van der Waals surface area contributed by atoms with Gasteiger partial charge in [-0.1, -0.05) is 41.5 Å². The Bertz CT molecular complexity index is 308. The second-order valence-electron chi connectivity index (χ2n) is 6.64. The monoisotopic (exact) mass is 272 g/mol. The Hall–Kier alpha value is -1.26. The predicted molar refractivity (Wildman–Crippen MR) is 76.0 cm³/mol. The Balaban J connectivity index is 4.25. The number of carboxylic acids is 1. The zero-order chi connectivity index (χ0) is 15.2. The van der Waals surface area contributed by atoms with Gasteiger partial charge in [-0.2, -0.15) is 0 Å². The Morgan fingerprint density at radius 2 is 1.68 bits per heavy atom. The predicted octanol–water partition coefficient (Wildman–Crippen LogP) is 2.47. The lowest BCUT2D eigenvalue weighted by molar-refractivity contribution is -0.139. The van der Waals surface area contributed by atoms with Gasteiger partial charge in [-0.3, -0.25) is 0 Å². The topological polar surface area (TPSA) is 78.4 Å². The van der Waals surface area contributed by atoms with Crippen LogP contribution in [0.5, 0.6) is 0 Å². The van der Waals surface area contributed by atoms with Gasteiger partial charge in [0.25, 0.3) is 0 Å². The van der Waals surface area contributed by atoms with E-state index >= 15 is 0 Å². The van der Waals surface area contributed by atoms with E-state index in [9.17, 15) is 9.59 Å². The molecule has 19 heavy (non-hydrogen) atoms. The average molecular weight is 272 g/mol. The van der Waals surface area contributed by atoms with Crippen molar-refractivity contribution in [2.75, 3.05) is 6.54 Å². The summed E-state index contributed by atoms with van der Waals surface area (Å²) in [4.78, 5) is 22.7. The van der Waals surface area contributed by atoms with Crippen molar-refractivity contribution in [3.8, 4) is 0 Å². The smallest absolute Gasteiger partial charge is 0.326 e. The number of carbonyl (C=O) groups is 2. The zero-order valence-corrected chi connectivity index (χ0v) is 12.9. The van der Waals surface area contributed by atoms with Crippen molar-refractivity contribution >= 4 is 12.0 Å². The number of hydrogen-bond acceptors (Lipinski definition) is 2. The molecule has 3 N–H and O–H groups in total. The second kappa shape index (κ2) is 7.36. The molecule has 0 aromatic rings. The van der Waals surface area contributed by atoms with Crippen molar-refractivity contribution < 1.29 is 14.7 Å². The van der Waals surface area contributed by atoms with Gasteiger partial charge in [0.05, 0.1) is 0 Å². The summed E-state index contributed by atoms with van der Waals surface area (Å²) in [6.45, 7) is 12.8. The number of amides is 2. The van der Waals surface area contributed by atoms with E-state index in [4.69, 9.17) is 5.11 Å². The molecule has 0 rings (SSSR count). The van der Waals surface area contributed by atoms with Crippen LogP contribution in [0.15, 0.2) is 0 Å². The van der Waals surface area contributed by atoms with E-state index in [1.54, 1.807) is 0 Å². The number of carbonyl (C=O) groups excluding carboxylic acids is 1. The largest absolute Gasteiger partial charge is 0.480 e. The first kappa shape index (κ1) is 17.7. The van der Waals surface area contributed by atoms with Crippen molar-refractivity contribution in [1.82, 2.24) is 10.6 Å². The first-order valence-electron chi connectivity index (χ1n) is 6.81.